The number of fused-ring (bicyclic) bond motifs is 5. The van der Waals surface area contributed by atoms with Gasteiger partial charge in [-0.3, -0.25) is 24.3 Å². The van der Waals surface area contributed by atoms with Crippen LogP contribution in [0.3, 0.4) is 0 Å². The number of nitro groups is 1. The summed E-state index contributed by atoms with van der Waals surface area (Å²) in [6.07, 6.45) is 0. The number of nitrogens with zero attached hydrogens (tertiary/aromatic N) is 2. The average molecular weight is 489 g/mol. The van der Waals surface area contributed by atoms with Crippen LogP contribution in [0, 0.1) is 16.0 Å². The highest BCUT2D eigenvalue weighted by atomic mass is 32.2. The molecule has 3 heterocycles. The number of non-ortho nitro benzene ring substituents is 1. The summed E-state index contributed by atoms with van der Waals surface area (Å²) in [5.41, 5.74) is 2.14. The molecule has 4 aromatic rings. The van der Waals surface area contributed by atoms with E-state index in [1.165, 1.54) is 30.0 Å². The molecule has 0 unspecified atom stereocenters. The van der Waals surface area contributed by atoms with Crippen molar-refractivity contribution < 1.29 is 14.5 Å². The van der Waals surface area contributed by atoms with Crippen molar-refractivity contribution in [2.24, 2.45) is 5.92 Å². The van der Waals surface area contributed by atoms with Gasteiger partial charge in [0.25, 0.3) is 5.69 Å². The highest BCUT2D eigenvalue weighted by Crippen LogP contribution is 2.59. The van der Waals surface area contributed by atoms with E-state index >= 15 is 0 Å². The summed E-state index contributed by atoms with van der Waals surface area (Å²) in [5, 5.41) is 12.0. The number of carbonyl (C=O) groups is 1. The first-order chi connectivity index (χ1) is 16.5. The number of para-hydroxylation sites is 1. The second-order valence-corrected chi connectivity index (χ2v) is 10.2. The van der Waals surface area contributed by atoms with Gasteiger partial charge in [0.1, 0.15) is 5.75 Å². The van der Waals surface area contributed by atoms with Gasteiger partial charge in [-0.2, -0.15) is 0 Å². The zero-order valence-electron chi connectivity index (χ0n) is 17.5. The molecule has 0 bridgehead atoms. The van der Waals surface area contributed by atoms with E-state index in [-0.39, 0.29) is 15.8 Å². The number of nitro benzene ring substituents is 1. The molecule has 6 rings (SSSR count). The van der Waals surface area contributed by atoms with Gasteiger partial charge in [0, 0.05) is 28.5 Å². The molecular weight excluding hydrogens is 472 g/mol. The first-order valence-electron chi connectivity index (χ1n) is 10.6. The third-order valence-electron chi connectivity index (χ3n) is 6.16. The molecule has 0 radical (unpaired) electrons. The largest absolute Gasteiger partial charge is 0.426 e. The van der Waals surface area contributed by atoms with E-state index in [1.807, 2.05) is 60.7 Å². The smallest absolute Gasteiger partial charge is 0.316 e. The fraction of sp³-hybridized carbons (Fsp3) is 0.120. The quantitative estimate of drug-likeness (QED) is 0.168. The Hall–Kier alpha value is -3.69. The molecule has 3 aromatic carbocycles. The van der Waals surface area contributed by atoms with Crippen LogP contribution < -0.4 is 9.61 Å². The molecule has 0 N–H and O–H groups in total. The van der Waals surface area contributed by atoms with Crippen LogP contribution >= 0.6 is 23.1 Å². The minimum atomic E-state index is -0.628. The normalized spacial score (nSPS) is 20.6. The van der Waals surface area contributed by atoms with Gasteiger partial charge >= 0.3 is 10.8 Å². The fourth-order valence-corrected chi connectivity index (χ4v) is 7.56. The maximum absolute atomic E-state index is 13.3. The van der Waals surface area contributed by atoms with Crippen molar-refractivity contribution in [2.75, 3.05) is 0 Å². The molecule has 3 atom stereocenters. The molecule has 0 saturated heterocycles. The van der Waals surface area contributed by atoms with Crippen molar-refractivity contribution in [3.63, 3.8) is 0 Å². The number of carbonyl (C=O) groups excluding carboxylic acids is 1. The predicted molar refractivity (Wildman–Crippen MR) is 129 cm³/mol. The van der Waals surface area contributed by atoms with E-state index in [4.69, 9.17) is 4.74 Å². The third-order valence-corrected chi connectivity index (χ3v) is 8.76. The maximum Gasteiger partial charge on any atom is 0.316 e. The van der Waals surface area contributed by atoms with Gasteiger partial charge in [0.2, 0.25) is 0 Å². The summed E-state index contributed by atoms with van der Waals surface area (Å²) >= 11 is 2.55. The van der Waals surface area contributed by atoms with Crippen molar-refractivity contribution >= 4 is 34.8 Å². The molecule has 34 heavy (non-hydrogen) atoms. The van der Waals surface area contributed by atoms with Gasteiger partial charge in [0.15, 0.2) is 0 Å². The van der Waals surface area contributed by atoms with E-state index in [0.29, 0.717) is 11.3 Å². The van der Waals surface area contributed by atoms with Crippen LogP contribution in [-0.2, 0) is 4.79 Å². The van der Waals surface area contributed by atoms with Crippen molar-refractivity contribution in [1.82, 2.24) is 4.57 Å². The van der Waals surface area contributed by atoms with Crippen LogP contribution in [0.15, 0.2) is 88.7 Å². The van der Waals surface area contributed by atoms with E-state index in [0.717, 1.165) is 32.5 Å². The lowest BCUT2D eigenvalue weighted by Crippen LogP contribution is -2.37. The van der Waals surface area contributed by atoms with Crippen LogP contribution in [-0.4, -0.2) is 15.5 Å². The Morgan fingerprint density at radius 3 is 2.35 bits per heavy atom. The van der Waals surface area contributed by atoms with Crippen LogP contribution in [0.2, 0.25) is 0 Å². The van der Waals surface area contributed by atoms with Crippen LogP contribution in [0.25, 0.3) is 5.69 Å². The first kappa shape index (κ1) is 20.9. The van der Waals surface area contributed by atoms with Crippen LogP contribution in [0.4, 0.5) is 5.69 Å². The Kier molecular flexibility index (Phi) is 4.89. The highest BCUT2D eigenvalue weighted by molar-refractivity contribution is 7.99. The Labute approximate surface area is 201 Å². The minimum Gasteiger partial charge on any atom is -0.426 e. The van der Waals surface area contributed by atoms with Gasteiger partial charge in [-0.1, -0.05) is 71.6 Å². The number of thiazole rings is 1. The van der Waals surface area contributed by atoms with E-state index < -0.39 is 22.7 Å². The number of ether oxygens (including phenoxy) is 1. The van der Waals surface area contributed by atoms with E-state index in [2.05, 4.69) is 0 Å². The monoisotopic (exact) mass is 488 g/mol. The molecule has 168 valence electrons. The van der Waals surface area contributed by atoms with Gasteiger partial charge in [-0.25, -0.2) is 0 Å². The lowest BCUT2D eigenvalue weighted by atomic mass is 9.78. The molecule has 1 aromatic heterocycles. The average Bonchev–Trinajstić information content (AvgIpc) is 3.19. The summed E-state index contributed by atoms with van der Waals surface area (Å²) in [7, 11) is 0. The Balaban J connectivity index is 1.63. The van der Waals surface area contributed by atoms with Gasteiger partial charge in [-0.15, -0.1) is 0 Å². The molecule has 0 amide bonds. The maximum atomic E-state index is 13.3. The molecule has 0 fully saturated rings. The number of esters is 1. The highest BCUT2D eigenvalue weighted by Gasteiger charge is 2.50. The third kappa shape index (κ3) is 3.19. The SMILES string of the molecule is O=C1Oc2ccc([N+](=O)[O-])cc2[C@@H]2c3sc(=O)n(-c4ccccc4)c3S[C@@H](c3ccccc3)[C@H]12. The molecule has 0 saturated carbocycles. The van der Waals surface area contributed by atoms with Crippen LogP contribution in [0.5, 0.6) is 5.75 Å². The Bertz CT molecular complexity index is 1500. The van der Waals surface area contributed by atoms with Crippen LogP contribution in [0.1, 0.15) is 27.2 Å². The zero-order valence-corrected chi connectivity index (χ0v) is 19.1. The number of rotatable bonds is 3. The van der Waals surface area contributed by atoms with E-state index in [1.54, 1.807) is 4.57 Å². The molecule has 7 nitrogen and oxygen atoms in total. The van der Waals surface area contributed by atoms with Crippen molar-refractivity contribution in [3.05, 3.63) is 115 Å². The zero-order chi connectivity index (χ0) is 23.4. The number of aromatic nitrogens is 1. The molecule has 9 heteroatoms. The van der Waals surface area contributed by atoms with Gasteiger partial charge in [-0.05, 0) is 23.8 Å². The topological polar surface area (TPSA) is 91.4 Å². The standard InChI is InChI=1S/C25H16N2O5S2/c28-24-20-19(17-13-16(27(30)31)11-12-18(17)32-24)22-23(33-21(20)14-7-3-1-4-8-14)26(25(29)34-22)15-9-5-2-6-10-15/h1-13,19-21H/t19-,20+,21-/m0/s1. The number of thioether (sulfide) groups is 1. The Morgan fingerprint density at radius 2 is 1.65 bits per heavy atom. The minimum absolute atomic E-state index is 0.0821. The molecule has 0 aliphatic carbocycles. The van der Waals surface area contributed by atoms with Crippen molar-refractivity contribution in [1.29, 1.82) is 0 Å². The summed E-state index contributed by atoms with van der Waals surface area (Å²) in [4.78, 5) is 38.2. The molecule has 0 spiro atoms. The molecule has 2 aliphatic rings. The number of hydrogen-bond donors (Lipinski definition) is 0. The predicted octanol–water partition coefficient (Wildman–Crippen LogP) is 5.32. The van der Waals surface area contributed by atoms with Gasteiger partial charge < -0.3 is 4.74 Å². The van der Waals surface area contributed by atoms with E-state index in [9.17, 15) is 19.7 Å². The molecular formula is C25H16N2O5S2. The molecule has 2 aliphatic heterocycles. The summed E-state index contributed by atoms with van der Waals surface area (Å²) in [6, 6.07) is 23.3. The second-order valence-electron chi connectivity index (χ2n) is 8.06. The Morgan fingerprint density at radius 1 is 0.941 bits per heavy atom. The lowest BCUT2D eigenvalue weighted by Gasteiger charge is -2.39. The van der Waals surface area contributed by atoms with Crippen molar-refractivity contribution in [2.45, 2.75) is 16.2 Å². The van der Waals surface area contributed by atoms with Crippen molar-refractivity contribution in [3.8, 4) is 11.4 Å². The lowest BCUT2D eigenvalue weighted by molar-refractivity contribution is -0.385. The fourth-order valence-electron chi connectivity index (χ4n) is 4.69. The summed E-state index contributed by atoms with van der Waals surface area (Å²) < 4.78 is 7.34. The second kappa shape index (κ2) is 7.96. The summed E-state index contributed by atoms with van der Waals surface area (Å²) in [5.74, 6) is -1.25. The summed E-state index contributed by atoms with van der Waals surface area (Å²) in [6.45, 7) is 0. The number of benzene rings is 3. The first-order valence-corrected chi connectivity index (χ1v) is 12.3. The number of hydrogen-bond acceptors (Lipinski definition) is 7. The van der Waals surface area contributed by atoms with Gasteiger partial charge in [0.05, 0.1) is 26.8 Å².